The standard InChI is InChI=1S/C20H14N4.Se/c1-2-14-10-16-5-6-18(23-16)12-20-8-7-19(24-20)11-17-4-3-15(22-17)9-13(1)21-14;/h1-12,21-22H;. The number of nitrogens with one attached hydrogen (secondary N) is 2. The second kappa shape index (κ2) is 6.20. The van der Waals surface area contributed by atoms with E-state index in [1.807, 2.05) is 42.5 Å². The minimum absolute atomic E-state index is 0. The van der Waals surface area contributed by atoms with E-state index in [2.05, 4.69) is 50.3 Å². The van der Waals surface area contributed by atoms with Crippen molar-refractivity contribution in [3.05, 3.63) is 71.3 Å². The first kappa shape index (κ1) is 15.6. The van der Waals surface area contributed by atoms with Gasteiger partial charge in [0.25, 0.3) is 0 Å². The molecule has 2 radical (unpaired) electrons. The van der Waals surface area contributed by atoms with Gasteiger partial charge in [0, 0.05) is 39.1 Å². The van der Waals surface area contributed by atoms with E-state index in [4.69, 9.17) is 0 Å². The van der Waals surface area contributed by atoms with Gasteiger partial charge in [-0.1, -0.05) is 0 Å². The van der Waals surface area contributed by atoms with Crippen molar-refractivity contribution in [3.8, 4) is 0 Å². The fraction of sp³-hybridized carbons (Fsp3) is 0. The summed E-state index contributed by atoms with van der Waals surface area (Å²) in [5.41, 5.74) is 7.86. The summed E-state index contributed by atoms with van der Waals surface area (Å²) in [6.45, 7) is 0. The van der Waals surface area contributed by atoms with Crippen LogP contribution in [0.1, 0.15) is 22.8 Å². The van der Waals surface area contributed by atoms with Gasteiger partial charge < -0.3 is 9.97 Å². The Morgan fingerprint density at radius 3 is 1.28 bits per heavy atom. The van der Waals surface area contributed by atoms with Gasteiger partial charge in [-0.2, -0.15) is 0 Å². The first-order chi connectivity index (χ1) is 11.8. The molecule has 4 nitrogen and oxygen atoms in total. The van der Waals surface area contributed by atoms with Gasteiger partial charge in [-0.15, -0.1) is 0 Å². The number of hydrogen-bond acceptors (Lipinski definition) is 2. The third-order valence-corrected chi connectivity index (χ3v) is 4.04. The third-order valence-electron chi connectivity index (χ3n) is 4.04. The maximum absolute atomic E-state index is 4.62. The van der Waals surface area contributed by atoms with Crippen LogP contribution in [-0.4, -0.2) is 37.0 Å². The van der Waals surface area contributed by atoms with Crippen LogP contribution in [0.5, 0.6) is 0 Å². The Balaban J connectivity index is 0.00000157. The Bertz CT molecular complexity index is 1080. The smallest absolute Gasteiger partial charge is 0.0659 e. The molecule has 5 heteroatoms. The summed E-state index contributed by atoms with van der Waals surface area (Å²) in [5, 5.41) is 0. The predicted molar refractivity (Wildman–Crippen MR) is 105 cm³/mol. The SMILES string of the molecule is C1=Cc2cc3ccc(cc4ccc(cc5nc(cc1n2)C=C5)[nH]4)[nH]3.[Se]. The molecule has 0 saturated carbocycles. The monoisotopic (exact) mass is 390 g/mol. The first-order valence-corrected chi connectivity index (χ1v) is 7.85. The van der Waals surface area contributed by atoms with E-state index in [-0.39, 0.29) is 17.1 Å². The fourth-order valence-corrected chi connectivity index (χ4v) is 2.94. The van der Waals surface area contributed by atoms with Gasteiger partial charge >= 0.3 is 0 Å². The Hall–Kier alpha value is -2.88. The van der Waals surface area contributed by atoms with E-state index in [9.17, 15) is 0 Å². The van der Waals surface area contributed by atoms with Crippen LogP contribution in [0.3, 0.4) is 0 Å². The van der Waals surface area contributed by atoms with E-state index >= 15 is 0 Å². The zero-order valence-corrected chi connectivity index (χ0v) is 14.9. The Morgan fingerprint density at radius 2 is 0.840 bits per heavy atom. The van der Waals surface area contributed by atoms with Crippen LogP contribution >= 0.6 is 0 Å². The Labute approximate surface area is 154 Å². The second-order valence-corrected chi connectivity index (χ2v) is 5.91. The normalized spacial score (nSPS) is 12.2. The molecule has 0 fully saturated rings. The van der Waals surface area contributed by atoms with Crippen molar-refractivity contribution in [2.45, 2.75) is 0 Å². The molecule has 0 aromatic carbocycles. The summed E-state index contributed by atoms with van der Waals surface area (Å²) in [7, 11) is 0. The molecule has 3 aromatic heterocycles. The van der Waals surface area contributed by atoms with Crippen LogP contribution in [0.2, 0.25) is 0 Å². The molecule has 3 aromatic rings. The van der Waals surface area contributed by atoms with Crippen molar-refractivity contribution in [1.29, 1.82) is 0 Å². The zero-order valence-electron chi connectivity index (χ0n) is 13.2. The van der Waals surface area contributed by atoms with Gasteiger partial charge in [0.1, 0.15) is 0 Å². The van der Waals surface area contributed by atoms with Gasteiger partial charge in [0.2, 0.25) is 0 Å². The van der Waals surface area contributed by atoms with Crippen LogP contribution in [-0.2, 0) is 0 Å². The summed E-state index contributed by atoms with van der Waals surface area (Å²) < 4.78 is 0. The van der Waals surface area contributed by atoms with E-state index < -0.39 is 0 Å². The zero-order chi connectivity index (χ0) is 15.9. The summed E-state index contributed by atoms with van der Waals surface area (Å²) in [5.74, 6) is 0. The van der Waals surface area contributed by atoms with Crippen LogP contribution in [0.25, 0.3) is 46.4 Å². The van der Waals surface area contributed by atoms with Crippen molar-refractivity contribution in [2.75, 3.05) is 0 Å². The Kier molecular flexibility index (Phi) is 3.88. The molecule has 2 aliphatic rings. The molecule has 25 heavy (non-hydrogen) atoms. The topological polar surface area (TPSA) is 57.4 Å². The molecular formula is C20H14N4Se. The summed E-state index contributed by atoms with van der Waals surface area (Å²) >= 11 is 0. The minimum Gasteiger partial charge on any atom is -0.355 e. The molecule has 0 atom stereocenters. The maximum Gasteiger partial charge on any atom is 0.0659 e. The Morgan fingerprint density at radius 1 is 0.480 bits per heavy atom. The van der Waals surface area contributed by atoms with Gasteiger partial charge in [0.05, 0.1) is 22.8 Å². The van der Waals surface area contributed by atoms with E-state index in [0.717, 1.165) is 44.8 Å². The molecule has 120 valence electrons. The molecule has 5 heterocycles. The van der Waals surface area contributed by atoms with E-state index in [0.29, 0.717) is 0 Å². The molecule has 0 aliphatic carbocycles. The molecule has 5 rings (SSSR count). The summed E-state index contributed by atoms with van der Waals surface area (Å²) in [6, 6.07) is 16.4. The molecule has 0 unspecified atom stereocenters. The van der Waals surface area contributed by atoms with Crippen LogP contribution in [0, 0.1) is 0 Å². The van der Waals surface area contributed by atoms with Crippen molar-refractivity contribution in [1.82, 2.24) is 19.9 Å². The van der Waals surface area contributed by atoms with E-state index in [1.54, 1.807) is 0 Å². The average Bonchev–Trinajstić information content (AvgIpc) is 3.32. The molecule has 2 aliphatic heterocycles. The number of fused-ring (bicyclic) bond motifs is 8. The van der Waals surface area contributed by atoms with Crippen LogP contribution < -0.4 is 0 Å². The number of aromatic nitrogens is 4. The van der Waals surface area contributed by atoms with Gasteiger partial charge in [-0.3, -0.25) is 0 Å². The molecule has 0 saturated heterocycles. The average molecular weight is 389 g/mol. The van der Waals surface area contributed by atoms with Crippen molar-refractivity contribution in [2.24, 2.45) is 0 Å². The number of nitrogens with zero attached hydrogens (tertiary/aromatic N) is 2. The van der Waals surface area contributed by atoms with Crippen LogP contribution in [0.15, 0.2) is 48.5 Å². The first-order valence-electron chi connectivity index (χ1n) is 7.85. The number of aromatic amines is 2. The van der Waals surface area contributed by atoms with Crippen molar-refractivity contribution < 1.29 is 0 Å². The molecule has 0 spiro atoms. The predicted octanol–water partition coefficient (Wildman–Crippen LogP) is 4.27. The third kappa shape index (κ3) is 3.20. The summed E-state index contributed by atoms with van der Waals surface area (Å²) in [4.78, 5) is 16.0. The van der Waals surface area contributed by atoms with E-state index in [1.165, 1.54) is 0 Å². The minimum atomic E-state index is 0. The number of rotatable bonds is 0. The second-order valence-electron chi connectivity index (χ2n) is 5.91. The van der Waals surface area contributed by atoms with Gasteiger partial charge in [-0.05, 0) is 72.8 Å². The fourth-order valence-electron chi connectivity index (χ4n) is 2.94. The largest absolute Gasteiger partial charge is 0.355 e. The molecule has 0 amide bonds. The number of hydrogen-bond donors (Lipinski definition) is 2. The number of H-pyrrole nitrogens is 2. The molecule has 2 N–H and O–H groups in total. The molecular weight excluding hydrogens is 375 g/mol. The summed E-state index contributed by atoms with van der Waals surface area (Å²) in [6.07, 6.45) is 8.05. The van der Waals surface area contributed by atoms with Gasteiger partial charge in [-0.25, -0.2) is 9.97 Å². The van der Waals surface area contributed by atoms with Crippen molar-refractivity contribution >= 4 is 63.4 Å². The quantitative estimate of drug-likeness (QED) is 0.389. The maximum atomic E-state index is 4.62. The molecule has 8 bridgehead atoms. The van der Waals surface area contributed by atoms with Crippen molar-refractivity contribution in [3.63, 3.8) is 0 Å². The van der Waals surface area contributed by atoms with Gasteiger partial charge in [0.15, 0.2) is 0 Å². The van der Waals surface area contributed by atoms with Crippen LogP contribution in [0.4, 0.5) is 0 Å².